The molecule has 1 N–H and O–H groups in total. The third kappa shape index (κ3) is 2.48. The summed E-state index contributed by atoms with van der Waals surface area (Å²) >= 11 is 0. The van der Waals surface area contributed by atoms with Crippen molar-refractivity contribution < 1.29 is 9.18 Å². The molecule has 24 heavy (non-hydrogen) atoms. The lowest BCUT2D eigenvalue weighted by atomic mass is 9.87. The van der Waals surface area contributed by atoms with E-state index in [1.54, 1.807) is 17.0 Å². The molecule has 0 unspecified atom stereocenters. The first kappa shape index (κ1) is 14.9. The van der Waals surface area contributed by atoms with E-state index in [0.717, 1.165) is 30.2 Å². The fraction of sp³-hybridized carbons (Fsp3) is 0.250. The van der Waals surface area contributed by atoms with Crippen LogP contribution in [0.4, 0.5) is 4.39 Å². The summed E-state index contributed by atoms with van der Waals surface area (Å²) in [6.07, 6.45) is 3.12. The average molecular weight is 322 g/mol. The molecule has 1 amide bonds. The van der Waals surface area contributed by atoms with Crippen LogP contribution in [-0.4, -0.2) is 22.8 Å². The van der Waals surface area contributed by atoms with Crippen molar-refractivity contribution >= 4 is 16.8 Å². The number of rotatable bonds is 2. The topological polar surface area (TPSA) is 36.1 Å². The van der Waals surface area contributed by atoms with Crippen molar-refractivity contribution in [2.24, 2.45) is 0 Å². The number of aromatic amines is 1. The lowest BCUT2D eigenvalue weighted by Gasteiger charge is -2.33. The van der Waals surface area contributed by atoms with Gasteiger partial charge in [-0.25, -0.2) is 4.39 Å². The Hall–Kier alpha value is -2.62. The molecule has 1 aromatic heterocycles. The first-order chi connectivity index (χ1) is 11.6. The maximum atomic E-state index is 13.4. The zero-order chi connectivity index (χ0) is 16.7. The summed E-state index contributed by atoms with van der Waals surface area (Å²) in [6, 6.07) is 14.7. The fourth-order valence-corrected chi connectivity index (χ4v) is 3.68. The van der Waals surface area contributed by atoms with Gasteiger partial charge in [-0.15, -0.1) is 0 Å². The van der Waals surface area contributed by atoms with E-state index in [9.17, 15) is 9.18 Å². The molecule has 3 nitrogen and oxygen atoms in total. The quantitative estimate of drug-likeness (QED) is 0.743. The van der Waals surface area contributed by atoms with Crippen molar-refractivity contribution in [2.45, 2.75) is 25.3 Å². The molecule has 122 valence electrons. The van der Waals surface area contributed by atoms with E-state index in [0.29, 0.717) is 5.69 Å². The Morgan fingerprint density at radius 1 is 1.21 bits per heavy atom. The molecule has 1 atom stereocenters. The molecule has 2 aromatic carbocycles. The Morgan fingerprint density at radius 3 is 2.92 bits per heavy atom. The second-order valence-corrected chi connectivity index (χ2v) is 6.44. The Balaban J connectivity index is 1.66. The highest BCUT2D eigenvalue weighted by Crippen LogP contribution is 2.34. The van der Waals surface area contributed by atoms with Crippen LogP contribution in [0, 0.1) is 5.82 Å². The van der Waals surface area contributed by atoms with Crippen LogP contribution in [0.25, 0.3) is 10.9 Å². The van der Waals surface area contributed by atoms with Gasteiger partial charge in [-0.1, -0.05) is 24.3 Å². The zero-order valence-electron chi connectivity index (χ0n) is 13.6. The van der Waals surface area contributed by atoms with Gasteiger partial charge in [-0.2, -0.15) is 0 Å². The van der Waals surface area contributed by atoms with Gasteiger partial charge in [-0.3, -0.25) is 4.79 Å². The van der Waals surface area contributed by atoms with Crippen molar-refractivity contribution in [3.63, 3.8) is 0 Å². The number of carbonyl (C=O) groups excluding carboxylic acids is 1. The molecular formula is C20H19FN2O. The smallest absolute Gasteiger partial charge is 0.270 e. The highest BCUT2D eigenvalue weighted by atomic mass is 19.1. The fourth-order valence-electron chi connectivity index (χ4n) is 3.68. The number of H-pyrrole nitrogens is 1. The molecule has 1 heterocycles. The predicted molar refractivity (Wildman–Crippen MR) is 92.5 cm³/mol. The largest absolute Gasteiger partial charge is 0.351 e. The lowest BCUT2D eigenvalue weighted by molar-refractivity contribution is 0.0710. The molecule has 0 spiro atoms. The van der Waals surface area contributed by atoms with Gasteiger partial charge in [0, 0.05) is 18.0 Å². The molecule has 0 bridgehead atoms. The summed E-state index contributed by atoms with van der Waals surface area (Å²) in [5, 5.41) is 0.718. The van der Waals surface area contributed by atoms with E-state index in [1.807, 2.05) is 13.1 Å². The molecule has 0 radical (unpaired) electrons. The Morgan fingerprint density at radius 2 is 2.04 bits per heavy atom. The van der Waals surface area contributed by atoms with Gasteiger partial charge in [0.05, 0.1) is 6.04 Å². The van der Waals surface area contributed by atoms with Gasteiger partial charge in [0.25, 0.3) is 5.91 Å². The molecule has 0 fully saturated rings. The van der Waals surface area contributed by atoms with Crippen LogP contribution in [0.3, 0.4) is 0 Å². The molecular weight excluding hydrogens is 303 g/mol. The summed E-state index contributed by atoms with van der Waals surface area (Å²) in [4.78, 5) is 17.8. The summed E-state index contributed by atoms with van der Waals surface area (Å²) in [7, 11) is 1.85. The summed E-state index contributed by atoms with van der Waals surface area (Å²) in [6.45, 7) is 0. The zero-order valence-corrected chi connectivity index (χ0v) is 13.6. The van der Waals surface area contributed by atoms with Crippen LogP contribution >= 0.6 is 0 Å². The second-order valence-electron chi connectivity index (χ2n) is 6.44. The highest BCUT2D eigenvalue weighted by molar-refractivity contribution is 5.98. The number of carbonyl (C=O) groups is 1. The van der Waals surface area contributed by atoms with Gasteiger partial charge in [-0.05, 0) is 54.7 Å². The van der Waals surface area contributed by atoms with Crippen molar-refractivity contribution in [1.29, 1.82) is 0 Å². The number of amides is 1. The van der Waals surface area contributed by atoms with E-state index in [4.69, 9.17) is 0 Å². The van der Waals surface area contributed by atoms with Gasteiger partial charge in [0.15, 0.2) is 0 Å². The predicted octanol–water partition coefficient (Wildman–Crippen LogP) is 4.46. The average Bonchev–Trinajstić information content (AvgIpc) is 3.03. The third-order valence-corrected chi connectivity index (χ3v) is 4.94. The van der Waals surface area contributed by atoms with Crippen molar-refractivity contribution in [1.82, 2.24) is 9.88 Å². The standard InChI is InChI=1S/C20H19FN2O/c1-23(19-8-4-6-13-5-2-3-7-16(13)19)20(24)18-12-14-11-15(21)9-10-17(14)22-18/h2-3,5,7,9-12,19,22H,4,6,8H2,1H3/t19-/m1/s1. The van der Waals surface area contributed by atoms with E-state index >= 15 is 0 Å². The number of halogens is 1. The van der Waals surface area contributed by atoms with Crippen molar-refractivity contribution in [2.75, 3.05) is 7.05 Å². The first-order valence-electron chi connectivity index (χ1n) is 8.27. The third-order valence-electron chi connectivity index (χ3n) is 4.94. The van der Waals surface area contributed by atoms with E-state index in [1.165, 1.54) is 23.3 Å². The normalized spacial score (nSPS) is 16.8. The number of nitrogens with zero attached hydrogens (tertiary/aromatic N) is 1. The number of hydrogen-bond donors (Lipinski definition) is 1. The highest BCUT2D eigenvalue weighted by Gasteiger charge is 2.27. The minimum Gasteiger partial charge on any atom is -0.351 e. The minimum atomic E-state index is -0.296. The number of hydrogen-bond acceptors (Lipinski definition) is 1. The molecule has 0 aliphatic heterocycles. The number of benzene rings is 2. The molecule has 0 saturated carbocycles. The van der Waals surface area contributed by atoms with Crippen LogP contribution in [0.15, 0.2) is 48.5 Å². The van der Waals surface area contributed by atoms with E-state index in [-0.39, 0.29) is 17.8 Å². The molecule has 3 aromatic rings. The number of aryl methyl sites for hydroxylation is 1. The van der Waals surface area contributed by atoms with Crippen LogP contribution in [0.5, 0.6) is 0 Å². The SMILES string of the molecule is CN(C(=O)c1cc2cc(F)ccc2[nH]1)[C@@H]1CCCc2ccccc21. The maximum Gasteiger partial charge on any atom is 0.270 e. The van der Waals surface area contributed by atoms with Gasteiger partial charge in [0.2, 0.25) is 0 Å². The van der Waals surface area contributed by atoms with Crippen LogP contribution in [0.1, 0.15) is 40.5 Å². The van der Waals surface area contributed by atoms with E-state index in [2.05, 4.69) is 23.2 Å². The number of aromatic nitrogens is 1. The lowest BCUT2D eigenvalue weighted by Crippen LogP contribution is -2.33. The van der Waals surface area contributed by atoms with Crippen molar-refractivity contribution in [3.05, 3.63) is 71.2 Å². The van der Waals surface area contributed by atoms with E-state index < -0.39 is 0 Å². The second kappa shape index (κ2) is 5.78. The van der Waals surface area contributed by atoms with Crippen LogP contribution in [-0.2, 0) is 6.42 Å². The first-order valence-corrected chi connectivity index (χ1v) is 8.27. The van der Waals surface area contributed by atoms with Crippen LogP contribution < -0.4 is 0 Å². The Bertz CT molecular complexity index is 915. The maximum absolute atomic E-state index is 13.4. The van der Waals surface area contributed by atoms with Gasteiger partial charge in [0.1, 0.15) is 11.5 Å². The molecule has 1 aliphatic rings. The van der Waals surface area contributed by atoms with Gasteiger partial charge < -0.3 is 9.88 Å². The summed E-state index contributed by atoms with van der Waals surface area (Å²) in [5.74, 6) is -0.358. The molecule has 4 rings (SSSR count). The number of fused-ring (bicyclic) bond motifs is 2. The van der Waals surface area contributed by atoms with Gasteiger partial charge >= 0.3 is 0 Å². The summed E-state index contributed by atoms with van der Waals surface area (Å²) in [5.41, 5.74) is 3.84. The van der Waals surface area contributed by atoms with Crippen molar-refractivity contribution in [3.8, 4) is 0 Å². The minimum absolute atomic E-state index is 0.0617. The molecule has 1 aliphatic carbocycles. The van der Waals surface area contributed by atoms with Crippen LogP contribution in [0.2, 0.25) is 0 Å². The monoisotopic (exact) mass is 322 g/mol. The Kier molecular flexibility index (Phi) is 3.60. The summed E-state index contributed by atoms with van der Waals surface area (Å²) < 4.78 is 13.4. The molecule has 0 saturated heterocycles. The Labute approximate surface area is 140 Å². The number of nitrogens with one attached hydrogen (secondary N) is 1. The molecule has 4 heteroatoms.